The van der Waals surface area contributed by atoms with Crippen LogP contribution >= 0.6 is 0 Å². The van der Waals surface area contributed by atoms with Gasteiger partial charge in [0, 0.05) is 51.7 Å². The predicted octanol–water partition coefficient (Wildman–Crippen LogP) is 14.0. The van der Waals surface area contributed by atoms with Crippen LogP contribution in [0.2, 0.25) is 0 Å². The number of cyclic esters (lactones) is 1. The lowest BCUT2D eigenvalue weighted by molar-refractivity contribution is -0.221. The highest BCUT2D eigenvalue weighted by atomic mass is 16.6. The molecule has 19 nitrogen and oxygen atoms in total. The molecule has 554 valence electrons. The Morgan fingerprint density at radius 2 is 0.980 bits per heavy atom. The van der Waals surface area contributed by atoms with Crippen molar-refractivity contribution in [1.29, 1.82) is 0 Å². The molecule has 19 heteroatoms. The molecular weight excluding hydrogens is 1280 g/mol. The zero-order valence-electron chi connectivity index (χ0n) is 61.6. The maximum absolute atomic E-state index is 12.1. The van der Waals surface area contributed by atoms with Crippen LogP contribution in [0.5, 0.6) is 0 Å². The number of hydrogen-bond donors (Lipinski definition) is 1. The van der Waals surface area contributed by atoms with E-state index in [1.807, 2.05) is 0 Å². The molecule has 8 atom stereocenters. The van der Waals surface area contributed by atoms with Crippen LogP contribution in [0.25, 0.3) is 0 Å². The molecule has 0 spiro atoms. The van der Waals surface area contributed by atoms with Gasteiger partial charge in [-0.2, -0.15) is 0 Å². The lowest BCUT2D eigenvalue weighted by Gasteiger charge is -2.61. The monoisotopic (exact) mass is 1390 g/mol. The molecule has 14 bridgehead atoms. The van der Waals surface area contributed by atoms with Crippen LogP contribution in [0.4, 0.5) is 0 Å². The van der Waals surface area contributed by atoms with E-state index in [0.717, 1.165) is 94.3 Å². The molecule has 0 aromatic carbocycles. The van der Waals surface area contributed by atoms with Crippen LogP contribution in [-0.4, -0.2) is 119 Å². The van der Waals surface area contributed by atoms with Crippen LogP contribution in [-0.2, 0) is 85.8 Å². The maximum Gasteiger partial charge on any atom is 0.347 e. The molecule has 2 aliphatic heterocycles. The average molecular weight is 1390 g/mol. The third-order valence-electron chi connectivity index (χ3n) is 25.3. The molecule has 15 aliphatic carbocycles. The van der Waals surface area contributed by atoms with Crippen molar-refractivity contribution in [2.24, 2.45) is 88.8 Å². The van der Waals surface area contributed by atoms with E-state index in [1.54, 1.807) is 27.7 Å². The Morgan fingerprint density at radius 1 is 0.500 bits per heavy atom. The summed E-state index contributed by atoms with van der Waals surface area (Å²) >= 11 is 0. The highest BCUT2D eigenvalue weighted by Crippen LogP contribution is 2.64. The van der Waals surface area contributed by atoms with Gasteiger partial charge in [-0.05, 0) is 260 Å². The minimum atomic E-state index is -0.728. The normalized spacial score (nSPS) is 37.1. The second-order valence-corrected chi connectivity index (χ2v) is 33.2. The van der Waals surface area contributed by atoms with Gasteiger partial charge in [-0.3, -0.25) is 4.79 Å². The SMILES string of the molecule is C=C(C)C(=O)OC1(C(C)C)C2CC3CC(C2)CC1C3.C=C(C)C(=O)OC1(CC)C2CC3CC(C2)CC1C3.C=C(C)C(=O)OC1(CC)CCCCC1.C=C(C)C(=O)OC1C2CC3CC1CC(O)(C3)C2.C=C(C)C(=O)OC1CCOC1=O.C=C(C)C(=O)OCC(=O)OC1C2CC3C(=O)OC1C3C2. The van der Waals surface area contributed by atoms with Crippen LogP contribution in [0, 0.1) is 88.8 Å². The summed E-state index contributed by atoms with van der Waals surface area (Å²) in [6.07, 6.45) is 26.1. The van der Waals surface area contributed by atoms with Crippen molar-refractivity contribution in [2.75, 3.05) is 13.2 Å². The number of fused-ring (bicyclic) bond motifs is 1. The Bertz CT molecular complexity index is 3100. The van der Waals surface area contributed by atoms with Gasteiger partial charge in [0.15, 0.2) is 6.61 Å². The molecular formula is C81H116O19. The number of esters is 9. The Labute approximate surface area is 593 Å². The van der Waals surface area contributed by atoms with Gasteiger partial charge in [0.25, 0.3) is 0 Å². The molecule has 17 fully saturated rings. The molecule has 15 saturated carbocycles. The van der Waals surface area contributed by atoms with E-state index in [0.29, 0.717) is 82.7 Å². The van der Waals surface area contributed by atoms with E-state index in [4.69, 9.17) is 37.9 Å². The summed E-state index contributed by atoms with van der Waals surface area (Å²) in [7, 11) is 0. The third kappa shape index (κ3) is 17.3. The molecule has 8 unspecified atom stereocenters. The van der Waals surface area contributed by atoms with Crippen molar-refractivity contribution < 1.29 is 90.9 Å². The highest BCUT2D eigenvalue weighted by molar-refractivity contribution is 5.91. The number of carbonyl (C=O) groups excluding carboxylic acids is 9. The maximum atomic E-state index is 12.1. The zero-order valence-corrected chi connectivity index (χ0v) is 61.6. The average Bonchev–Trinajstić information content (AvgIpc) is 0.846. The fraction of sp³-hybridized carbons (Fsp3) is 0.741. The number of carbonyl (C=O) groups is 9. The van der Waals surface area contributed by atoms with Gasteiger partial charge in [-0.25, -0.2) is 38.4 Å². The molecule has 0 aromatic heterocycles. The Kier molecular flexibility index (Phi) is 25.0. The lowest BCUT2D eigenvalue weighted by Crippen LogP contribution is -2.62. The Balaban J connectivity index is 0.000000141. The van der Waals surface area contributed by atoms with Crippen LogP contribution in [0.3, 0.4) is 0 Å². The summed E-state index contributed by atoms with van der Waals surface area (Å²) in [4.78, 5) is 103. The lowest BCUT2D eigenvalue weighted by atomic mass is 9.47. The quantitative estimate of drug-likeness (QED) is 0.0806. The number of hydrogen-bond acceptors (Lipinski definition) is 19. The second-order valence-electron chi connectivity index (χ2n) is 33.2. The Morgan fingerprint density at radius 3 is 1.43 bits per heavy atom. The van der Waals surface area contributed by atoms with E-state index in [2.05, 4.69) is 71.9 Å². The fourth-order valence-electron chi connectivity index (χ4n) is 21.1. The summed E-state index contributed by atoms with van der Waals surface area (Å²) in [5.74, 6) is 4.91. The summed E-state index contributed by atoms with van der Waals surface area (Å²) in [5.41, 5.74) is 1.55. The van der Waals surface area contributed by atoms with Crippen molar-refractivity contribution in [3.8, 4) is 0 Å². The third-order valence-corrected chi connectivity index (χ3v) is 25.3. The smallest absolute Gasteiger partial charge is 0.347 e. The van der Waals surface area contributed by atoms with E-state index in [9.17, 15) is 48.3 Å². The molecule has 2 saturated heterocycles. The van der Waals surface area contributed by atoms with Gasteiger partial charge >= 0.3 is 53.7 Å². The van der Waals surface area contributed by atoms with Crippen molar-refractivity contribution in [3.05, 3.63) is 72.9 Å². The minimum Gasteiger partial charge on any atom is -0.463 e. The number of rotatable bonds is 17. The number of ether oxygens (including phenoxy) is 9. The van der Waals surface area contributed by atoms with Crippen molar-refractivity contribution in [1.82, 2.24) is 0 Å². The molecule has 0 amide bonds. The van der Waals surface area contributed by atoms with Crippen LogP contribution in [0.1, 0.15) is 230 Å². The fourth-order valence-corrected chi connectivity index (χ4v) is 21.1. The summed E-state index contributed by atoms with van der Waals surface area (Å²) < 4.78 is 47.9. The van der Waals surface area contributed by atoms with Gasteiger partial charge in [0.1, 0.15) is 35.1 Å². The molecule has 17 aliphatic rings. The first-order chi connectivity index (χ1) is 47.1. The molecule has 0 radical (unpaired) electrons. The number of aliphatic hydroxyl groups is 1. The van der Waals surface area contributed by atoms with Crippen LogP contribution in [0.15, 0.2) is 72.9 Å². The molecule has 2 heterocycles. The van der Waals surface area contributed by atoms with Crippen molar-refractivity contribution in [2.45, 2.75) is 277 Å². The van der Waals surface area contributed by atoms with Gasteiger partial charge in [0.05, 0.1) is 18.1 Å². The molecule has 17 rings (SSSR count). The first-order valence-corrected chi connectivity index (χ1v) is 37.6. The van der Waals surface area contributed by atoms with Gasteiger partial charge < -0.3 is 47.7 Å². The van der Waals surface area contributed by atoms with Gasteiger partial charge in [-0.1, -0.05) is 73.6 Å². The van der Waals surface area contributed by atoms with Crippen LogP contribution < -0.4 is 0 Å². The topological polar surface area (TPSA) is 257 Å². The summed E-state index contributed by atoms with van der Waals surface area (Å²) in [6, 6.07) is 0. The first-order valence-electron chi connectivity index (χ1n) is 37.6. The zero-order chi connectivity index (χ0) is 73.1. The highest BCUT2D eigenvalue weighted by Gasteiger charge is 2.65. The first kappa shape index (κ1) is 77.8. The summed E-state index contributed by atoms with van der Waals surface area (Å²) in [5, 5.41) is 10.4. The van der Waals surface area contributed by atoms with E-state index in [-0.39, 0.29) is 87.8 Å². The minimum absolute atomic E-state index is 0.0128. The van der Waals surface area contributed by atoms with Gasteiger partial charge in [-0.15, -0.1) is 0 Å². The standard InChI is InChI=1S/C17H26O2.C16H24O2.C14H16O6.C14H20O3.C12H20O2.C8H10O4/c1-10(2)16(18)19-17(11(3)4)14-6-12-5-13(8-14)9-15(17)7-12;1-4-16(18-15(17)10(2)3)13-6-11-5-12(8-13)9-14(16)7-11;1-6(2)13(16)18-5-10(15)19-11-7-3-8-9(4-7)14(17)20-12(8)11;1-8(2)13(15)17-12-10-3-9-4-11(12)7-14(16,5-9)6-10;1-4-12(8-6-5-7-9-12)14-11(13)10(2)3;1-5(2)7(9)12-6-3-4-11-8(6)10/h11-15H,1,5-9H2,2-4H3;11-14H,2,4-9H2,1,3H3;7-9,11-12H,1,3-5H2,2H3;9-12,16H,1,3-7H2,2H3;2,4-9H2,1,3H3;6H,1,3-4H2,2H3. The van der Waals surface area contributed by atoms with E-state index < -0.39 is 48.3 Å². The van der Waals surface area contributed by atoms with Crippen molar-refractivity contribution >= 4 is 53.7 Å². The predicted molar refractivity (Wildman–Crippen MR) is 372 cm³/mol. The van der Waals surface area contributed by atoms with E-state index in [1.165, 1.54) is 97.3 Å². The second kappa shape index (κ2) is 32.1. The molecule has 0 aromatic rings. The molecule has 100 heavy (non-hydrogen) atoms. The Hall–Kier alpha value is -6.37. The van der Waals surface area contributed by atoms with Crippen molar-refractivity contribution in [3.63, 3.8) is 0 Å². The van der Waals surface area contributed by atoms with Gasteiger partial charge in [0.2, 0.25) is 6.10 Å². The molecule has 1 N–H and O–H groups in total. The van der Waals surface area contributed by atoms with E-state index >= 15 is 0 Å². The largest absolute Gasteiger partial charge is 0.463 e. The summed E-state index contributed by atoms with van der Waals surface area (Å²) in [6.45, 7) is 40.1.